The molecule has 0 bridgehead atoms. The van der Waals surface area contributed by atoms with Crippen LogP contribution in [0.15, 0.2) is 41.8 Å². The second kappa shape index (κ2) is 6.20. The van der Waals surface area contributed by atoms with Crippen LogP contribution in [0, 0.1) is 0 Å². The molecule has 0 amide bonds. The third-order valence-electron chi connectivity index (χ3n) is 2.66. The minimum Gasteiger partial charge on any atom is -0.310 e. The molecule has 0 aliphatic heterocycles. The van der Waals surface area contributed by atoms with E-state index in [1.807, 2.05) is 23.5 Å². The van der Waals surface area contributed by atoms with Crippen molar-refractivity contribution >= 4 is 22.9 Å². The smallest absolute Gasteiger partial charge is 0.0406 e. The lowest BCUT2D eigenvalue weighted by atomic mass is 10.2. The number of benzene rings is 1. The van der Waals surface area contributed by atoms with Crippen LogP contribution in [0.4, 0.5) is 0 Å². The molecule has 3 heteroatoms. The first-order valence-corrected chi connectivity index (χ1v) is 7.00. The van der Waals surface area contributed by atoms with Crippen LogP contribution in [0.5, 0.6) is 0 Å². The number of rotatable bonds is 5. The van der Waals surface area contributed by atoms with Gasteiger partial charge in [0.15, 0.2) is 0 Å². The predicted molar refractivity (Wildman–Crippen MR) is 75.8 cm³/mol. The second-order valence-electron chi connectivity index (χ2n) is 4.19. The summed E-state index contributed by atoms with van der Waals surface area (Å²) in [5.74, 6) is 0. The minimum absolute atomic E-state index is 0.490. The first kappa shape index (κ1) is 12.6. The van der Waals surface area contributed by atoms with Gasteiger partial charge in [-0.15, -0.1) is 11.3 Å². The molecule has 0 saturated heterocycles. The number of nitrogens with one attached hydrogen (secondary N) is 1. The Morgan fingerprint density at radius 3 is 2.65 bits per heavy atom. The molecule has 1 nitrogen and oxygen atoms in total. The van der Waals surface area contributed by atoms with Gasteiger partial charge in [0.05, 0.1) is 0 Å². The SMILES string of the molecule is C[C@@H](Cc1cccs1)NCc1ccc(Cl)cc1. The largest absolute Gasteiger partial charge is 0.310 e. The van der Waals surface area contributed by atoms with Crippen molar-refractivity contribution in [3.8, 4) is 0 Å². The maximum atomic E-state index is 5.85. The van der Waals surface area contributed by atoms with Crippen LogP contribution >= 0.6 is 22.9 Å². The number of hydrogen-bond donors (Lipinski definition) is 1. The fraction of sp³-hybridized carbons (Fsp3) is 0.286. The van der Waals surface area contributed by atoms with E-state index in [1.54, 1.807) is 0 Å². The zero-order valence-corrected chi connectivity index (χ0v) is 11.4. The Hall–Kier alpha value is -0.830. The van der Waals surface area contributed by atoms with Crippen LogP contribution in [0.2, 0.25) is 5.02 Å². The molecule has 1 heterocycles. The first-order valence-electron chi connectivity index (χ1n) is 5.74. The van der Waals surface area contributed by atoms with Crippen molar-refractivity contribution in [1.29, 1.82) is 0 Å². The molecule has 2 aromatic rings. The zero-order valence-electron chi connectivity index (χ0n) is 9.82. The average Bonchev–Trinajstić information content (AvgIpc) is 2.81. The molecule has 1 aromatic heterocycles. The Morgan fingerprint density at radius 1 is 1.24 bits per heavy atom. The van der Waals surface area contributed by atoms with Gasteiger partial charge in [-0.3, -0.25) is 0 Å². The van der Waals surface area contributed by atoms with Gasteiger partial charge in [0.2, 0.25) is 0 Å². The molecule has 0 aliphatic carbocycles. The highest BCUT2D eigenvalue weighted by Crippen LogP contribution is 2.12. The van der Waals surface area contributed by atoms with Crippen LogP contribution in [-0.4, -0.2) is 6.04 Å². The minimum atomic E-state index is 0.490. The third kappa shape index (κ3) is 4.15. The zero-order chi connectivity index (χ0) is 12.1. The average molecular weight is 266 g/mol. The van der Waals surface area contributed by atoms with Crippen LogP contribution in [0.1, 0.15) is 17.4 Å². The quantitative estimate of drug-likeness (QED) is 0.857. The van der Waals surface area contributed by atoms with Crippen LogP contribution in [-0.2, 0) is 13.0 Å². The van der Waals surface area contributed by atoms with E-state index in [2.05, 4.69) is 41.9 Å². The number of halogens is 1. The van der Waals surface area contributed by atoms with Gasteiger partial charge in [0, 0.05) is 22.5 Å². The van der Waals surface area contributed by atoms with Gasteiger partial charge in [-0.25, -0.2) is 0 Å². The van der Waals surface area contributed by atoms with Gasteiger partial charge < -0.3 is 5.32 Å². The summed E-state index contributed by atoms with van der Waals surface area (Å²) in [6.45, 7) is 3.11. The Kier molecular flexibility index (Phi) is 4.60. The number of hydrogen-bond acceptors (Lipinski definition) is 2. The van der Waals surface area contributed by atoms with Gasteiger partial charge >= 0.3 is 0 Å². The van der Waals surface area contributed by atoms with E-state index in [4.69, 9.17) is 11.6 Å². The van der Waals surface area contributed by atoms with Crippen molar-refractivity contribution < 1.29 is 0 Å². The number of thiophene rings is 1. The Balaban J connectivity index is 1.79. The molecule has 1 atom stereocenters. The lowest BCUT2D eigenvalue weighted by Gasteiger charge is -2.12. The van der Waals surface area contributed by atoms with E-state index in [0.29, 0.717) is 6.04 Å². The lowest BCUT2D eigenvalue weighted by Crippen LogP contribution is -2.27. The molecule has 0 fully saturated rings. The Labute approximate surface area is 111 Å². The van der Waals surface area contributed by atoms with Gasteiger partial charge in [0.1, 0.15) is 0 Å². The standard InChI is InChI=1S/C14H16ClNS/c1-11(9-14-3-2-8-17-14)16-10-12-4-6-13(15)7-5-12/h2-8,11,16H,9-10H2,1H3/t11-/m0/s1. The highest BCUT2D eigenvalue weighted by molar-refractivity contribution is 7.09. The van der Waals surface area contributed by atoms with Crippen molar-refractivity contribution in [2.24, 2.45) is 0 Å². The second-order valence-corrected chi connectivity index (χ2v) is 5.66. The molecule has 0 unspecified atom stereocenters. The summed E-state index contributed by atoms with van der Waals surface area (Å²) >= 11 is 7.67. The highest BCUT2D eigenvalue weighted by atomic mass is 35.5. The third-order valence-corrected chi connectivity index (χ3v) is 3.81. The monoisotopic (exact) mass is 265 g/mol. The van der Waals surface area contributed by atoms with E-state index >= 15 is 0 Å². The van der Waals surface area contributed by atoms with Crippen LogP contribution in [0.3, 0.4) is 0 Å². The molecule has 0 spiro atoms. The molecule has 0 aliphatic rings. The topological polar surface area (TPSA) is 12.0 Å². The summed E-state index contributed by atoms with van der Waals surface area (Å²) in [4.78, 5) is 1.43. The van der Waals surface area contributed by atoms with Crippen molar-refractivity contribution in [1.82, 2.24) is 5.32 Å². The molecule has 0 saturated carbocycles. The molecular formula is C14H16ClNS. The first-order chi connectivity index (χ1) is 8.24. The molecular weight excluding hydrogens is 250 g/mol. The van der Waals surface area contributed by atoms with Gasteiger partial charge in [-0.2, -0.15) is 0 Å². The molecule has 17 heavy (non-hydrogen) atoms. The summed E-state index contributed by atoms with van der Waals surface area (Å²) in [5.41, 5.74) is 1.27. The van der Waals surface area contributed by atoms with Crippen molar-refractivity contribution in [3.63, 3.8) is 0 Å². The summed E-state index contributed by atoms with van der Waals surface area (Å²) < 4.78 is 0. The molecule has 1 N–H and O–H groups in total. The van der Waals surface area contributed by atoms with E-state index < -0.39 is 0 Å². The summed E-state index contributed by atoms with van der Waals surface area (Å²) in [6, 6.07) is 12.8. The van der Waals surface area contributed by atoms with Gasteiger partial charge in [-0.1, -0.05) is 29.8 Å². The molecule has 90 valence electrons. The van der Waals surface area contributed by atoms with Crippen molar-refractivity contribution in [2.45, 2.75) is 25.9 Å². The summed E-state index contributed by atoms with van der Waals surface area (Å²) in [6.07, 6.45) is 1.09. The maximum Gasteiger partial charge on any atom is 0.0406 e. The highest BCUT2D eigenvalue weighted by Gasteiger charge is 2.03. The normalized spacial score (nSPS) is 12.6. The fourth-order valence-electron chi connectivity index (χ4n) is 1.70. The van der Waals surface area contributed by atoms with E-state index in [-0.39, 0.29) is 0 Å². The predicted octanol–water partition coefficient (Wildman–Crippen LogP) is 4.12. The lowest BCUT2D eigenvalue weighted by molar-refractivity contribution is 0.548. The van der Waals surface area contributed by atoms with Crippen molar-refractivity contribution in [2.75, 3.05) is 0 Å². The van der Waals surface area contributed by atoms with Gasteiger partial charge in [-0.05, 0) is 42.5 Å². The fourth-order valence-corrected chi connectivity index (χ4v) is 2.66. The Morgan fingerprint density at radius 2 is 2.00 bits per heavy atom. The molecule has 1 aromatic carbocycles. The summed E-state index contributed by atoms with van der Waals surface area (Å²) in [7, 11) is 0. The summed E-state index contributed by atoms with van der Waals surface area (Å²) in [5, 5.41) is 6.44. The molecule has 2 rings (SSSR count). The van der Waals surface area contributed by atoms with E-state index in [0.717, 1.165) is 18.0 Å². The van der Waals surface area contributed by atoms with Crippen LogP contribution < -0.4 is 5.32 Å². The van der Waals surface area contributed by atoms with Crippen LogP contribution in [0.25, 0.3) is 0 Å². The van der Waals surface area contributed by atoms with Gasteiger partial charge in [0.25, 0.3) is 0 Å². The molecule has 0 radical (unpaired) electrons. The Bertz CT molecular complexity index is 436. The maximum absolute atomic E-state index is 5.85. The van der Waals surface area contributed by atoms with E-state index in [1.165, 1.54) is 10.4 Å². The van der Waals surface area contributed by atoms with E-state index in [9.17, 15) is 0 Å². The van der Waals surface area contributed by atoms with Crippen molar-refractivity contribution in [3.05, 3.63) is 57.2 Å².